The highest BCUT2D eigenvalue weighted by molar-refractivity contribution is 5.97. The van der Waals surface area contributed by atoms with Gasteiger partial charge in [0.25, 0.3) is 0 Å². The summed E-state index contributed by atoms with van der Waals surface area (Å²) in [6.07, 6.45) is 3.11. The van der Waals surface area contributed by atoms with Crippen LogP contribution in [0.5, 0.6) is 0 Å². The summed E-state index contributed by atoms with van der Waals surface area (Å²) in [5.41, 5.74) is 1.34. The van der Waals surface area contributed by atoms with Crippen molar-refractivity contribution in [2.45, 2.75) is 26.2 Å². The normalized spacial score (nSPS) is 15.3. The number of nitrogens with one attached hydrogen (secondary N) is 1. The molecule has 84 valence electrons. The van der Waals surface area contributed by atoms with Crippen molar-refractivity contribution in [3.63, 3.8) is 0 Å². The van der Waals surface area contributed by atoms with Gasteiger partial charge >= 0.3 is 0 Å². The third-order valence-electron chi connectivity index (χ3n) is 3.01. The molecular weight excluding hydrogens is 202 g/mol. The van der Waals surface area contributed by atoms with Gasteiger partial charge in [-0.05, 0) is 31.9 Å². The summed E-state index contributed by atoms with van der Waals surface area (Å²) in [5.74, 6) is 0.257. The molecule has 1 N–H and O–H groups in total. The third kappa shape index (κ3) is 2.30. The van der Waals surface area contributed by atoms with Gasteiger partial charge in [-0.25, -0.2) is 0 Å². The van der Waals surface area contributed by atoms with E-state index in [0.29, 0.717) is 11.3 Å². The van der Waals surface area contributed by atoms with Crippen LogP contribution in [-0.4, -0.2) is 11.7 Å². The molecule has 0 aliphatic heterocycles. The van der Waals surface area contributed by atoms with E-state index in [1.807, 2.05) is 6.07 Å². The Hall–Kier alpha value is -1.64. The Morgan fingerprint density at radius 1 is 1.31 bits per heavy atom. The molecule has 1 saturated carbocycles. The van der Waals surface area contributed by atoms with Crippen molar-refractivity contribution in [2.75, 3.05) is 5.32 Å². The molecule has 16 heavy (non-hydrogen) atoms. The van der Waals surface area contributed by atoms with Crippen molar-refractivity contribution in [1.82, 2.24) is 0 Å². The summed E-state index contributed by atoms with van der Waals surface area (Å²) in [7, 11) is 0. The van der Waals surface area contributed by atoms with Crippen LogP contribution in [-0.2, 0) is 4.79 Å². The van der Waals surface area contributed by atoms with Crippen molar-refractivity contribution in [3.05, 3.63) is 29.8 Å². The minimum atomic E-state index is 0.0137. The SMILES string of the molecule is CC(=O)c1cccc(NC(=O)C2CCC2)c1. The third-order valence-corrected chi connectivity index (χ3v) is 3.01. The molecule has 0 unspecified atom stereocenters. The average Bonchev–Trinajstić information content (AvgIpc) is 2.15. The largest absolute Gasteiger partial charge is 0.326 e. The van der Waals surface area contributed by atoms with E-state index < -0.39 is 0 Å². The van der Waals surface area contributed by atoms with E-state index in [9.17, 15) is 9.59 Å². The van der Waals surface area contributed by atoms with Gasteiger partial charge in [-0.2, -0.15) is 0 Å². The average molecular weight is 217 g/mol. The van der Waals surface area contributed by atoms with Crippen molar-refractivity contribution in [3.8, 4) is 0 Å². The molecule has 0 atom stereocenters. The molecule has 0 spiro atoms. The van der Waals surface area contributed by atoms with E-state index in [1.54, 1.807) is 18.2 Å². The molecule has 0 radical (unpaired) electrons. The van der Waals surface area contributed by atoms with E-state index in [2.05, 4.69) is 5.32 Å². The number of hydrogen-bond donors (Lipinski definition) is 1. The monoisotopic (exact) mass is 217 g/mol. The first-order chi connectivity index (χ1) is 7.66. The molecule has 2 rings (SSSR count). The Kier molecular flexibility index (Phi) is 3.04. The highest BCUT2D eigenvalue weighted by Gasteiger charge is 2.25. The number of ketones is 1. The number of anilines is 1. The lowest BCUT2D eigenvalue weighted by atomic mass is 9.85. The van der Waals surface area contributed by atoms with E-state index in [4.69, 9.17) is 0 Å². The zero-order valence-corrected chi connectivity index (χ0v) is 9.32. The number of carbonyl (C=O) groups is 2. The van der Waals surface area contributed by atoms with Crippen molar-refractivity contribution >= 4 is 17.4 Å². The lowest BCUT2D eigenvalue weighted by Crippen LogP contribution is -2.28. The maximum atomic E-state index is 11.7. The summed E-state index contributed by atoms with van der Waals surface area (Å²) >= 11 is 0. The predicted octanol–water partition coefficient (Wildman–Crippen LogP) is 2.63. The molecule has 1 aliphatic rings. The molecule has 3 nitrogen and oxygen atoms in total. The van der Waals surface area contributed by atoms with Crippen molar-refractivity contribution in [2.24, 2.45) is 5.92 Å². The Morgan fingerprint density at radius 2 is 2.06 bits per heavy atom. The number of carbonyl (C=O) groups excluding carboxylic acids is 2. The Bertz CT molecular complexity index is 422. The summed E-state index contributed by atoms with van der Waals surface area (Å²) < 4.78 is 0. The van der Waals surface area contributed by atoms with Gasteiger partial charge in [0.1, 0.15) is 0 Å². The Labute approximate surface area is 94.9 Å². The first-order valence-corrected chi connectivity index (χ1v) is 5.58. The number of benzene rings is 1. The number of Topliss-reactive ketones (excluding diaryl/α,β-unsaturated/α-hetero) is 1. The fourth-order valence-corrected chi connectivity index (χ4v) is 1.73. The predicted molar refractivity (Wildman–Crippen MR) is 62.4 cm³/mol. The van der Waals surface area contributed by atoms with E-state index >= 15 is 0 Å². The van der Waals surface area contributed by atoms with Crippen LogP contribution < -0.4 is 5.32 Å². The molecule has 1 aromatic rings. The second-order valence-electron chi connectivity index (χ2n) is 4.25. The van der Waals surface area contributed by atoms with Gasteiger partial charge in [0, 0.05) is 17.2 Å². The Morgan fingerprint density at radius 3 is 2.62 bits per heavy atom. The fraction of sp³-hybridized carbons (Fsp3) is 0.385. The van der Waals surface area contributed by atoms with Crippen LogP contribution in [0, 0.1) is 5.92 Å². The molecule has 1 fully saturated rings. The summed E-state index contributed by atoms with van der Waals surface area (Å²) in [4.78, 5) is 22.9. The van der Waals surface area contributed by atoms with Crippen LogP contribution >= 0.6 is 0 Å². The lowest BCUT2D eigenvalue weighted by molar-refractivity contribution is -0.122. The molecule has 3 heteroatoms. The van der Waals surface area contributed by atoms with E-state index in [1.165, 1.54) is 6.92 Å². The van der Waals surface area contributed by atoms with Crippen molar-refractivity contribution < 1.29 is 9.59 Å². The lowest BCUT2D eigenvalue weighted by Gasteiger charge is -2.24. The maximum Gasteiger partial charge on any atom is 0.227 e. The second-order valence-corrected chi connectivity index (χ2v) is 4.25. The fourth-order valence-electron chi connectivity index (χ4n) is 1.73. The van der Waals surface area contributed by atoms with Gasteiger partial charge in [-0.1, -0.05) is 18.6 Å². The first kappa shape index (κ1) is 10.9. The standard InChI is InChI=1S/C13H15NO2/c1-9(15)11-6-3-7-12(8-11)14-13(16)10-4-2-5-10/h3,6-8,10H,2,4-5H2,1H3,(H,14,16). The molecule has 0 bridgehead atoms. The molecule has 1 aliphatic carbocycles. The summed E-state index contributed by atoms with van der Waals surface area (Å²) in [5, 5.41) is 2.85. The molecular formula is C13H15NO2. The first-order valence-electron chi connectivity index (χ1n) is 5.58. The van der Waals surface area contributed by atoms with Crippen LogP contribution in [0.2, 0.25) is 0 Å². The van der Waals surface area contributed by atoms with Crippen LogP contribution in [0.4, 0.5) is 5.69 Å². The Balaban J connectivity index is 2.05. The van der Waals surface area contributed by atoms with Gasteiger partial charge in [0.05, 0.1) is 0 Å². The maximum absolute atomic E-state index is 11.7. The molecule has 0 heterocycles. The van der Waals surface area contributed by atoms with Gasteiger partial charge in [0.15, 0.2) is 5.78 Å². The summed E-state index contributed by atoms with van der Waals surface area (Å²) in [6, 6.07) is 7.07. The molecule has 0 aromatic heterocycles. The van der Waals surface area contributed by atoms with Crippen LogP contribution in [0.25, 0.3) is 0 Å². The molecule has 0 saturated heterocycles. The van der Waals surface area contributed by atoms with Gasteiger partial charge in [-0.3, -0.25) is 9.59 Å². The smallest absolute Gasteiger partial charge is 0.227 e. The van der Waals surface area contributed by atoms with Crippen molar-refractivity contribution in [1.29, 1.82) is 0 Å². The second kappa shape index (κ2) is 4.47. The van der Waals surface area contributed by atoms with Crippen LogP contribution in [0.15, 0.2) is 24.3 Å². The number of hydrogen-bond acceptors (Lipinski definition) is 2. The molecule has 1 aromatic carbocycles. The minimum Gasteiger partial charge on any atom is -0.326 e. The van der Waals surface area contributed by atoms with Gasteiger partial charge < -0.3 is 5.32 Å². The quantitative estimate of drug-likeness (QED) is 0.791. The zero-order valence-electron chi connectivity index (χ0n) is 9.32. The zero-order chi connectivity index (χ0) is 11.5. The van der Waals surface area contributed by atoms with Gasteiger partial charge in [-0.15, -0.1) is 0 Å². The number of amides is 1. The summed E-state index contributed by atoms with van der Waals surface area (Å²) in [6.45, 7) is 1.52. The molecule has 1 amide bonds. The highest BCUT2D eigenvalue weighted by atomic mass is 16.2. The van der Waals surface area contributed by atoms with Crippen LogP contribution in [0.3, 0.4) is 0 Å². The van der Waals surface area contributed by atoms with Crippen LogP contribution in [0.1, 0.15) is 36.5 Å². The minimum absolute atomic E-state index is 0.0137. The highest BCUT2D eigenvalue weighted by Crippen LogP contribution is 2.27. The van der Waals surface area contributed by atoms with Gasteiger partial charge in [0.2, 0.25) is 5.91 Å². The number of rotatable bonds is 3. The van der Waals surface area contributed by atoms with E-state index in [-0.39, 0.29) is 17.6 Å². The van der Waals surface area contributed by atoms with E-state index in [0.717, 1.165) is 19.3 Å². The topological polar surface area (TPSA) is 46.2 Å².